The Morgan fingerprint density at radius 2 is 2.18 bits per heavy atom. The number of rotatable bonds is 3. The van der Waals surface area contributed by atoms with Crippen LogP contribution in [0.1, 0.15) is 61.0 Å². The largest absolute Gasteiger partial charge is 0.144 e. The van der Waals surface area contributed by atoms with Crippen LogP contribution in [0.5, 0.6) is 0 Å². The van der Waals surface area contributed by atoms with Gasteiger partial charge in [-0.3, -0.25) is 0 Å². The third-order valence-electron chi connectivity index (χ3n) is 4.25. The molecule has 17 heavy (non-hydrogen) atoms. The number of hydrogen-bond acceptors (Lipinski definition) is 1. The molecule has 2 rings (SSSR count). The summed E-state index contributed by atoms with van der Waals surface area (Å²) in [5.41, 5.74) is 0.489. The normalized spacial score (nSPS) is 25.8. The molecule has 96 valence electrons. The lowest BCUT2D eigenvalue weighted by Crippen LogP contribution is -2.30. The van der Waals surface area contributed by atoms with Crippen molar-refractivity contribution in [3.8, 4) is 0 Å². The van der Waals surface area contributed by atoms with Gasteiger partial charge in [-0.05, 0) is 42.7 Å². The van der Waals surface area contributed by atoms with Crippen molar-refractivity contribution >= 4 is 27.3 Å². The lowest BCUT2D eigenvalue weighted by atomic mass is 9.67. The molecule has 1 aliphatic carbocycles. The third kappa shape index (κ3) is 2.96. The van der Waals surface area contributed by atoms with E-state index in [2.05, 4.69) is 48.8 Å². The summed E-state index contributed by atoms with van der Waals surface area (Å²) >= 11 is 5.96. The predicted octanol–water partition coefficient (Wildman–Crippen LogP) is 5.96. The molecule has 0 N–H and O–H groups in total. The van der Waals surface area contributed by atoms with Crippen molar-refractivity contribution in [3.05, 3.63) is 21.9 Å². The van der Waals surface area contributed by atoms with Crippen LogP contribution in [-0.4, -0.2) is 0 Å². The number of halogens is 1. The lowest BCUT2D eigenvalue weighted by molar-refractivity contribution is 0.137. The maximum Gasteiger partial charge on any atom is 0.0522 e. The van der Waals surface area contributed by atoms with E-state index < -0.39 is 0 Å². The van der Waals surface area contributed by atoms with Gasteiger partial charge in [0.2, 0.25) is 0 Å². The molecular weight excluding hydrogens is 292 g/mol. The zero-order valence-corrected chi connectivity index (χ0v) is 13.5. The summed E-state index contributed by atoms with van der Waals surface area (Å²) in [6.07, 6.45) is 6.74. The van der Waals surface area contributed by atoms with Crippen molar-refractivity contribution in [2.45, 2.75) is 57.7 Å². The summed E-state index contributed by atoms with van der Waals surface area (Å²) in [6, 6.07) is 4.62. The molecule has 0 bridgehead atoms. The zero-order chi connectivity index (χ0) is 12.5. The molecule has 2 heteroatoms. The van der Waals surface area contributed by atoms with Gasteiger partial charge in [0.25, 0.3) is 0 Å². The zero-order valence-electron chi connectivity index (χ0n) is 11.1. The highest BCUT2D eigenvalue weighted by molar-refractivity contribution is 9.09. The molecule has 2 atom stereocenters. The van der Waals surface area contributed by atoms with E-state index in [-0.39, 0.29) is 0 Å². The second-order valence-corrected chi connectivity index (χ2v) is 8.09. The van der Waals surface area contributed by atoms with Gasteiger partial charge in [0.1, 0.15) is 0 Å². The molecule has 2 unspecified atom stereocenters. The quantitative estimate of drug-likeness (QED) is 0.603. The number of alkyl halides is 1. The molecule has 0 nitrogen and oxygen atoms in total. The Bertz CT molecular complexity index is 367. The molecule has 0 amide bonds. The van der Waals surface area contributed by atoms with E-state index in [1.54, 1.807) is 0 Å². The van der Waals surface area contributed by atoms with Crippen molar-refractivity contribution in [1.29, 1.82) is 0 Å². The maximum absolute atomic E-state index is 3.98. The van der Waals surface area contributed by atoms with Crippen molar-refractivity contribution in [2.24, 2.45) is 11.3 Å². The minimum Gasteiger partial charge on any atom is -0.144 e. The molecule has 1 aromatic heterocycles. The van der Waals surface area contributed by atoms with E-state index in [0.717, 1.165) is 5.92 Å². The number of thiophene rings is 1. The van der Waals surface area contributed by atoms with E-state index >= 15 is 0 Å². The first-order valence-corrected chi connectivity index (χ1v) is 8.50. The molecule has 0 aromatic carbocycles. The van der Waals surface area contributed by atoms with Gasteiger partial charge < -0.3 is 0 Å². The molecule has 1 aromatic rings. The van der Waals surface area contributed by atoms with E-state index in [9.17, 15) is 0 Å². The van der Waals surface area contributed by atoms with Gasteiger partial charge in [-0.1, -0.05) is 49.5 Å². The topological polar surface area (TPSA) is 0 Å². The average molecular weight is 315 g/mol. The van der Waals surface area contributed by atoms with Crippen LogP contribution in [0.4, 0.5) is 0 Å². The van der Waals surface area contributed by atoms with Crippen LogP contribution in [0.15, 0.2) is 12.1 Å². The highest BCUT2D eigenvalue weighted by Crippen LogP contribution is 2.51. The summed E-state index contributed by atoms with van der Waals surface area (Å²) in [5.74, 6) is 0.791. The fourth-order valence-electron chi connectivity index (χ4n) is 2.99. The Hall–Kier alpha value is 0.180. The van der Waals surface area contributed by atoms with Crippen LogP contribution in [0.25, 0.3) is 0 Å². The number of hydrogen-bond donors (Lipinski definition) is 0. The van der Waals surface area contributed by atoms with Gasteiger partial charge in [0.05, 0.1) is 4.83 Å². The summed E-state index contributed by atoms with van der Waals surface area (Å²) in [4.78, 5) is 3.60. The van der Waals surface area contributed by atoms with Crippen LogP contribution < -0.4 is 0 Å². The first-order chi connectivity index (χ1) is 8.04. The Morgan fingerprint density at radius 1 is 1.41 bits per heavy atom. The first-order valence-electron chi connectivity index (χ1n) is 6.77. The SMILES string of the molecule is CCc1ccc(C(Br)C2CCCCC2(C)C)s1. The summed E-state index contributed by atoms with van der Waals surface area (Å²) in [7, 11) is 0. The Morgan fingerprint density at radius 3 is 2.76 bits per heavy atom. The predicted molar refractivity (Wildman–Crippen MR) is 81.1 cm³/mol. The van der Waals surface area contributed by atoms with Crippen LogP contribution in [0.2, 0.25) is 0 Å². The monoisotopic (exact) mass is 314 g/mol. The summed E-state index contributed by atoms with van der Waals surface area (Å²) in [5, 5.41) is 0. The standard InChI is InChI=1S/C15H23BrS/c1-4-11-8-9-13(17-11)14(16)12-7-5-6-10-15(12,2)3/h8-9,12,14H,4-7,10H2,1-3H3. The lowest BCUT2D eigenvalue weighted by Gasteiger charge is -2.41. The molecule has 0 aliphatic heterocycles. The van der Waals surface area contributed by atoms with E-state index in [4.69, 9.17) is 0 Å². The summed E-state index contributed by atoms with van der Waals surface area (Å²) < 4.78 is 0. The van der Waals surface area contributed by atoms with Crippen LogP contribution >= 0.6 is 27.3 Å². The molecule has 1 heterocycles. The number of aryl methyl sites for hydroxylation is 1. The Kier molecular flexibility index (Phi) is 4.35. The van der Waals surface area contributed by atoms with Crippen molar-refractivity contribution in [3.63, 3.8) is 0 Å². The van der Waals surface area contributed by atoms with Crippen molar-refractivity contribution in [2.75, 3.05) is 0 Å². The third-order valence-corrected chi connectivity index (χ3v) is 6.99. The smallest absolute Gasteiger partial charge is 0.0522 e. The molecular formula is C15H23BrS. The van der Waals surface area contributed by atoms with Gasteiger partial charge in [0, 0.05) is 9.75 Å². The molecule has 0 radical (unpaired) electrons. The minimum absolute atomic E-state index is 0.489. The maximum atomic E-state index is 3.98. The van der Waals surface area contributed by atoms with Crippen molar-refractivity contribution < 1.29 is 0 Å². The molecule has 0 saturated heterocycles. The van der Waals surface area contributed by atoms with Crippen LogP contribution in [0.3, 0.4) is 0 Å². The fraction of sp³-hybridized carbons (Fsp3) is 0.733. The first kappa shape index (κ1) is 13.6. The Balaban J connectivity index is 2.15. The van der Waals surface area contributed by atoms with Gasteiger partial charge in [-0.2, -0.15) is 0 Å². The Labute approximate surface area is 118 Å². The molecule has 1 aliphatic rings. The van der Waals surface area contributed by atoms with Crippen LogP contribution in [0, 0.1) is 11.3 Å². The average Bonchev–Trinajstić information content (AvgIpc) is 2.76. The van der Waals surface area contributed by atoms with Gasteiger partial charge >= 0.3 is 0 Å². The molecule has 1 fully saturated rings. The van der Waals surface area contributed by atoms with E-state index in [1.807, 2.05) is 11.3 Å². The van der Waals surface area contributed by atoms with Gasteiger partial charge in [-0.25, -0.2) is 0 Å². The summed E-state index contributed by atoms with van der Waals surface area (Å²) in [6.45, 7) is 7.13. The van der Waals surface area contributed by atoms with Crippen LogP contribution in [-0.2, 0) is 6.42 Å². The second-order valence-electron chi connectivity index (χ2n) is 5.90. The highest BCUT2D eigenvalue weighted by Gasteiger charge is 2.37. The second kappa shape index (κ2) is 5.44. The van der Waals surface area contributed by atoms with E-state index in [1.165, 1.54) is 41.9 Å². The van der Waals surface area contributed by atoms with E-state index in [0.29, 0.717) is 10.2 Å². The van der Waals surface area contributed by atoms with Gasteiger partial charge in [0.15, 0.2) is 0 Å². The fourth-order valence-corrected chi connectivity index (χ4v) is 5.40. The molecule has 0 spiro atoms. The highest BCUT2D eigenvalue weighted by atomic mass is 79.9. The van der Waals surface area contributed by atoms with Crippen molar-refractivity contribution in [1.82, 2.24) is 0 Å². The van der Waals surface area contributed by atoms with Gasteiger partial charge in [-0.15, -0.1) is 11.3 Å². The molecule has 1 saturated carbocycles. The minimum atomic E-state index is 0.489.